The second kappa shape index (κ2) is 14.2. The number of amides is 2. The molecule has 0 aliphatic rings. The topological polar surface area (TPSA) is 78.4 Å². The van der Waals surface area contributed by atoms with Crippen LogP contribution in [-0.2, 0) is 11.2 Å². The van der Waals surface area contributed by atoms with Gasteiger partial charge in [0, 0.05) is 5.69 Å². The lowest BCUT2D eigenvalue weighted by Crippen LogP contribution is -2.31. The maximum absolute atomic E-state index is 11.5. The van der Waals surface area contributed by atoms with Crippen molar-refractivity contribution in [1.82, 2.24) is 5.32 Å². The van der Waals surface area contributed by atoms with Gasteiger partial charge in [0.05, 0.1) is 0 Å². The molecule has 0 saturated heterocycles. The summed E-state index contributed by atoms with van der Waals surface area (Å²) in [6, 6.07) is 7.77. The van der Waals surface area contributed by atoms with Crippen molar-refractivity contribution in [3.05, 3.63) is 29.8 Å². The lowest BCUT2D eigenvalue weighted by molar-refractivity contribution is -0.115. The Morgan fingerprint density at radius 1 is 0.846 bits per heavy atom. The molecule has 0 saturated carbocycles. The third kappa shape index (κ3) is 11.5. The number of carboxylic acid groups (broad SMARTS) is 1. The summed E-state index contributed by atoms with van der Waals surface area (Å²) < 4.78 is 0. The summed E-state index contributed by atoms with van der Waals surface area (Å²) in [5, 5.41) is 13.2. The van der Waals surface area contributed by atoms with E-state index in [1.54, 1.807) is 0 Å². The van der Waals surface area contributed by atoms with Gasteiger partial charge >= 0.3 is 6.09 Å². The molecule has 1 aromatic rings. The lowest BCUT2D eigenvalue weighted by atomic mass is 10.0. The predicted octanol–water partition coefficient (Wildman–Crippen LogP) is 5.36. The SMILES string of the molecule is CCCCCCCCCCCCc1ccc(NC(=O)CNC(=O)O)cc1. The van der Waals surface area contributed by atoms with E-state index in [4.69, 9.17) is 5.11 Å². The molecule has 0 atom stereocenters. The highest BCUT2D eigenvalue weighted by atomic mass is 16.4. The Bertz CT molecular complexity index is 514. The Hall–Kier alpha value is -2.04. The Morgan fingerprint density at radius 2 is 1.38 bits per heavy atom. The number of carbonyl (C=O) groups is 2. The van der Waals surface area contributed by atoms with Crippen LogP contribution in [0.25, 0.3) is 0 Å². The van der Waals surface area contributed by atoms with Crippen LogP contribution in [0, 0.1) is 0 Å². The molecule has 0 aliphatic heterocycles. The number of rotatable bonds is 14. The molecule has 146 valence electrons. The van der Waals surface area contributed by atoms with Gasteiger partial charge in [-0.3, -0.25) is 4.79 Å². The van der Waals surface area contributed by atoms with E-state index in [1.165, 1.54) is 69.8 Å². The first-order valence-corrected chi connectivity index (χ1v) is 9.97. The van der Waals surface area contributed by atoms with E-state index in [0.29, 0.717) is 5.69 Å². The first-order valence-electron chi connectivity index (χ1n) is 9.97. The van der Waals surface area contributed by atoms with E-state index < -0.39 is 6.09 Å². The van der Waals surface area contributed by atoms with E-state index >= 15 is 0 Å². The van der Waals surface area contributed by atoms with Crippen LogP contribution >= 0.6 is 0 Å². The maximum Gasteiger partial charge on any atom is 0.405 e. The third-order valence-electron chi connectivity index (χ3n) is 4.46. The van der Waals surface area contributed by atoms with Crippen LogP contribution in [-0.4, -0.2) is 23.7 Å². The van der Waals surface area contributed by atoms with E-state index in [2.05, 4.69) is 12.2 Å². The van der Waals surface area contributed by atoms with Gasteiger partial charge in [0.1, 0.15) is 6.54 Å². The molecule has 0 heterocycles. The quantitative estimate of drug-likeness (QED) is 0.390. The number of anilines is 1. The molecule has 0 radical (unpaired) electrons. The average molecular weight is 363 g/mol. The summed E-state index contributed by atoms with van der Waals surface area (Å²) in [4.78, 5) is 21.9. The van der Waals surface area contributed by atoms with Gasteiger partial charge < -0.3 is 15.7 Å². The molecule has 1 aromatic carbocycles. The molecule has 1 rings (SSSR count). The summed E-state index contributed by atoms with van der Waals surface area (Å²) in [7, 11) is 0. The summed E-state index contributed by atoms with van der Waals surface area (Å²) in [5.74, 6) is -0.366. The average Bonchev–Trinajstić information content (AvgIpc) is 2.63. The fourth-order valence-electron chi connectivity index (χ4n) is 2.93. The van der Waals surface area contributed by atoms with Crippen LogP contribution in [0.15, 0.2) is 24.3 Å². The van der Waals surface area contributed by atoms with Crippen LogP contribution in [0.4, 0.5) is 10.5 Å². The zero-order valence-electron chi connectivity index (χ0n) is 16.1. The van der Waals surface area contributed by atoms with Crippen LogP contribution in [0.2, 0.25) is 0 Å². The monoisotopic (exact) mass is 362 g/mol. The van der Waals surface area contributed by atoms with Gasteiger partial charge in [-0.25, -0.2) is 4.79 Å². The Kier molecular flexibility index (Phi) is 12.0. The first kappa shape index (κ1) is 22.0. The van der Waals surface area contributed by atoms with E-state index in [9.17, 15) is 9.59 Å². The molecule has 3 N–H and O–H groups in total. The predicted molar refractivity (Wildman–Crippen MR) is 107 cm³/mol. The summed E-state index contributed by atoms with van der Waals surface area (Å²) >= 11 is 0. The van der Waals surface area contributed by atoms with Gasteiger partial charge in [0.25, 0.3) is 0 Å². The van der Waals surface area contributed by atoms with Gasteiger partial charge in [0.2, 0.25) is 5.91 Å². The normalized spacial score (nSPS) is 10.5. The zero-order chi connectivity index (χ0) is 19.0. The fraction of sp³-hybridized carbons (Fsp3) is 0.619. The van der Waals surface area contributed by atoms with Crippen molar-refractivity contribution in [3.8, 4) is 0 Å². The molecule has 0 aromatic heterocycles. The Labute approximate surface area is 157 Å². The van der Waals surface area contributed by atoms with E-state index in [0.717, 1.165) is 6.42 Å². The van der Waals surface area contributed by atoms with E-state index in [1.807, 2.05) is 29.6 Å². The van der Waals surface area contributed by atoms with Crippen LogP contribution in [0.5, 0.6) is 0 Å². The number of hydrogen-bond donors (Lipinski definition) is 3. The van der Waals surface area contributed by atoms with Crippen LogP contribution in [0.1, 0.15) is 76.7 Å². The van der Waals surface area contributed by atoms with Gasteiger partial charge in [-0.1, -0.05) is 76.8 Å². The number of unbranched alkanes of at least 4 members (excludes halogenated alkanes) is 9. The van der Waals surface area contributed by atoms with Crippen molar-refractivity contribution in [2.45, 2.75) is 77.6 Å². The maximum atomic E-state index is 11.5. The van der Waals surface area contributed by atoms with Crippen molar-refractivity contribution in [3.63, 3.8) is 0 Å². The van der Waals surface area contributed by atoms with Crippen molar-refractivity contribution in [1.29, 1.82) is 0 Å². The third-order valence-corrected chi connectivity index (χ3v) is 4.46. The minimum Gasteiger partial charge on any atom is -0.465 e. The Morgan fingerprint density at radius 3 is 1.92 bits per heavy atom. The standard InChI is InChI=1S/C21H34N2O3/c1-2-3-4-5-6-7-8-9-10-11-12-18-13-15-19(16-14-18)23-20(24)17-22-21(25)26/h13-16,22H,2-12,17H2,1H3,(H,23,24)(H,25,26). The Balaban J connectivity index is 2.08. The summed E-state index contributed by atoms with van der Waals surface area (Å²) in [6.45, 7) is 2.01. The van der Waals surface area contributed by atoms with Gasteiger partial charge in [-0.05, 0) is 30.5 Å². The highest BCUT2D eigenvalue weighted by Gasteiger charge is 2.04. The van der Waals surface area contributed by atoms with Crippen molar-refractivity contribution < 1.29 is 14.7 Å². The van der Waals surface area contributed by atoms with Gasteiger partial charge in [0.15, 0.2) is 0 Å². The molecule has 0 aliphatic carbocycles. The minimum absolute atomic E-state index is 0.240. The molecular weight excluding hydrogens is 328 g/mol. The molecule has 26 heavy (non-hydrogen) atoms. The largest absolute Gasteiger partial charge is 0.465 e. The minimum atomic E-state index is -1.20. The van der Waals surface area contributed by atoms with Crippen LogP contribution < -0.4 is 10.6 Å². The number of carbonyl (C=O) groups excluding carboxylic acids is 1. The molecule has 0 bridgehead atoms. The molecule has 0 unspecified atom stereocenters. The van der Waals surface area contributed by atoms with Crippen molar-refractivity contribution >= 4 is 17.7 Å². The number of benzene rings is 1. The van der Waals surface area contributed by atoms with Gasteiger partial charge in [-0.15, -0.1) is 0 Å². The summed E-state index contributed by atoms with van der Waals surface area (Å²) in [6.07, 6.45) is 13.2. The molecule has 2 amide bonds. The molecular formula is C21H34N2O3. The zero-order valence-corrected chi connectivity index (χ0v) is 16.1. The molecule has 5 heteroatoms. The van der Waals surface area contributed by atoms with Crippen molar-refractivity contribution in [2.24, 2.45) is 0 Å². The highest BCUT2D eigenvalue weighted by molar-refractivity contribution is 5.93. The fourth-order valence-corrected chi connectivity index (χ4v) is 2.93. The van der Waals surface area contributed by atoms with E-state index in [-0.39, 0.29) is 12.5 Å². The summed E-state index contributed by atoms with van der Waals surface area (Å²) in [5.41, 5.74) is 1.96. The smallest absolute Gasteiger partial charge is 0.405 e. The van der Waals surface area contributed by atoms with Crippen molar-refractivity contribution in [2.75, 3.05) is 11.9 Å². The molecule has 5 nitrogen and oxygen atoms in total. The van der Waals surface area contributed by atoms with Crippen LogP contribution in [0.3, 0.4) is 0 Å². The first-order chi connectivity index (χ1) is 12.6. The number of aryl methyl sites for hydroxylation is 1. The molecule has 0 fully saturated rings. The van der Waals surface area contributed by atoms with Gasteiger partial charge in [-0.2, -0.15) is 0 Å². The molecule has 0 spiro atoms. The highest BCUT2D eigenvalue weighted by Crippen LogP contribution is 2.14. The second-order valence-electron chi connectivity index (χ2n) is 6.84. The second-order valence-corrected chi connectivity index (χ2v) is 6.84. The number of hydrogen-bond acceptors (Lipinski definition) is 2. The number of nitrogens with one attached hydrogen (secondary N) is 2. The lowest BCUT2D eigenvalue weighted by Gasteiger charge is -2.07.